The summed E-state index contributed by atoms with van der Waals surface area (Å²) in [4.78, 5) is 14.2. The highest BCUT2D eigenvalue weighted by Crippen LogP contribution is 2.26. The maximum atomic E-state index is 13.5. The van der Waals surface area contributed by atoms with E-state index in [1.54, 1.807) is 0 Å². The number of benzene rings is 1. The molecule has 0 bridgehead atoms. The lowest BCUT2D eigenvalue weighted by atomic mass is 10.1. The van der Waals surface area contributed by atoms with Crippen LogP contribution in [0.3, 0.4) is 0 Å². The summed E-state index contributed by atoms with van der Waals surface area (Å²) in [5.41, 5.74) is 5.95. The number of carbonyl (C=O) groups excluding carboxylic acids is 1. The second kappa shape index (κ2) is 5.57. The summed E-state index contributed by atoms with van der Waals surface area (Å²) in [5, 5.41) is 2.75. The topological polar surface area (TPSA) is 58.4 Å². The molecule has 0 aromatic heterocycles. The molecule has 1 aromatic carbocycles. The minimum atomic E-state index is -0.546. The lowest BCUT2D eigenvalue weighted by molar-refractivity contribution is 0.0935. The number of rotatable bonds is 5. The van der Waals surface area contributed by atoms with Gasteiger partial charge in [-0.15, -0.1) is 0 Å². The molecule has 1 amide bonds. The van der Waals surface area contributed by atoms with Crippen LogP contribution < -0.4 is 11.1 Å². The van der Waals surface area contributed by atoms with Crippen LogP contribution in [-0.4, -0.2) is 36.5 Å². The molecule has 3 N–H and O–H groups in total. The Labute approximate surface area is 112 Å². The van der Waals surface area contributed by atoms with E-state index in [0.29, 0.717) is 18.3 Å². The molecule has 0 radical (unpaired) electrons. The number of likely N-dealkylation sites (N-methyl/N-ethyl adjacent to an activating group) is 1. The number of amides is 1. The van der Waals surface area contributed by atoms with Crippen molar-refractivity contribution in [3.05, 3.63) is 29.6 Å². The first-order chi connectivity index (χ1) is 8.99. The number of nitrogens with zero attached hydrogens (tertiary/aromatic N) is 1. The Balaban J connectivity index is 1.91. The van der Waals surface area contributed by atoms with Crippen LogP contribution in [0.4, 0.5) is 10.1 Å². The average Bonchev–Trinajstić information content (AvgIpc) is 3.21. The van der Waals surface area contributed by atoms with E-state index in [-0.39, 0.29) is 11.6 Å². The molecular formula is C14H20FN3O. The van der Waals surface area contributed by atoms with Gasteiger partial charge in [-0.1, -0.05) is 0 Å². The van der Waals surface area contributed by atoms with Crippen LogP contribution >= 0.6 is 0 Å². The Bertz CT molecular complexity index is 474. The van der Waals surface area contributed by atoms with E-state index in [1.165, 1.54) is 31.0 Å². The Morgan fingerprint density at radius 1 is 1.58 bits per heavy atom. The molecule has 4 nitrogen and oxygen atoms in total. The van der Waals surface area contributed by atoms with Crippen LogP contribution in [0.25, 0.3) is 0 Å². The van der Waals surface area contributed by atoms with Crippen LogP contribution in [0, 0.1) is 5.82 Å². The fourth-order valence-electron chi connectivity index (χ4n) is 2.04. The summed E-state index contributed by atoms with van der Waals surface area (Å²) in [7, 11) is 2.05. The fourth-order valence-corrected chi connectivity index (χ4v) is 2.04. The molecule has 1 aliphatic rings. The third-order valence-electron chi connectivity index (χ3n) is 3.61. The molecule has 2 rings (SSSR count). The van der Waals surface area contributed by atoms with Gasteiger partial charge in [0.2, 0.25) is 0 Å². The zero-order valence-electron chi connectivity index (χ0n) is 11.3. The Kier molecular flexibility index (Phi) is 4.04. The van der Waals surface area contributed by atoms with Crippen molar-refractivity contribution in [1.82, 2.24) is 10.2 Å². The first-order valence-corrected chi connectivity index (χ1v) is 6.54. The second-order valence-electron chi connectivity index (χ2n) is 5.19. The third kappa shape index (κ3) is 3.44. The summed E-state index contributed by atoms with van der Waals surface area (Å²) in [6, 6.07) is 4.89. The molecule has 0 saturated heterocycles. The molecule has 5 heteroatoms. The van der Waals surface area contributed by atoms with Gasteiger partial charge in [-0.3, -0.25) is 9.69 Å². The summed E-state index contributed by atoms with van der Waals surface area (Å²) in [6.07, 6.45) is 2.44. The lowest BCUT2D eigenvalue weighted by Gasteiger charge is -2.24. The highest BCUT2D eigenvalue weighted by molar-refractivity contribution is 5.95. The zero-order valence-corrected chi connectivity index (χ0v) is 11.3. The number of nitrogens with two attached hydrogens (primary N) is 1. The summed E-state index contributed by atoms with van der Waals surface area (Å²) in [5.74, 6) is -0.962. The predicted octanol–water partition coefficient (Wildman–Crippen LogP) is 1.62. The van der Waals surface area contributed by atoms with Crippen molar-refractivity contribution in [2.24, 2.45) is 0 Å². The van der Waals surface area contributed by atoms with E-state index in [2.05, 4.69) is 17.3 Å². The average molecular weight is 265 g/mol. The van der Waals surface area contributed by atoms with Gasteiger partial charge in [0.15, 0.2) is 0 Å². The molecular weight excluding hydrogens is 245 g/mol. The van der Waals surface area contributed by atoms with Gasteiger partial charge in [0.1, 0.15) is 5.82 Å². The monoisotopic (exact) mass is 265 g/mol. The van der Waals surface area contributed by atoms with Gasteiger partial charge in [0.05, 0.1) is 5.56 Å². The zero-order chi connectivity index (χ0) is 14.0. The van der Waals surface area contributed by atoms with Crippen molar-refractivity contribution < 1.29 is 9.18 Å². The molecule has 1 atom stereocenters. The Morgan fingerprint density at radius 2 is 2.26 bits per heavy atom. The van der Waals surface area contributed by atoms with E-state index in [0.717, 1.165) is 0 Å². The number of anilines is 1. The summed E-state index contributed by atoms with van der Waals surface area (Å²) < 4.78 is 13.5. The Hall–Kier alpha value is -1.62. The molecule has 1 aromatic rings. The summed E-state index contributed by atoms with van der Waals surface area (Å²) >= 11 is 0. The van der Waals surface area contributed by atoms with Gasteiger partial charge in [0.25, 0.3) is 5.91 Å². The summed E-state index contributed by atoms with van der Waals surface area (Å²) in [6.45, 7) is 2.55. The van der Waals surface area contributed by atoms with Crippen molar-refractivity contribution in [3.63, 3.8) is 0 Å². The van der Waals surface area contributed by atoms with Crippen molar-refractivity contribution in [1.29, 1.82) is 0 Å². The highest BCUT2D eigenvalue weighted by Gasteiger charge is 2.29. The predicted molar refractivity (Wildman–Crippen MR) is 73.4 cm³/mol. The number of halogens is 1. The number of hydrogen-bond acceptors (Lipinski definition) is 3. The van der Waals surface area contributed by atoms with E-state index < -0.39 is 11.7 Å². The fraction of sp³-hybridized carbons (Fsp3) is 0.500. The van der Waals surface area contributed by atoms with Gasteiger partial charge in [-0.25, -0.2) is 4.39 Å². The number of nitrogen functional groups attached to an aromatic ring is 1. The number of carbonyl (C=O) groups is 1. The molecule has 1 aliphatic carbocycles. The van der Waals surface area contributed by atoms with E-state index >= 15 is 0 Å². The van der Waals surface area contributed by atoms with E-state index in [4.69, 9.17) is 5.73 Å². The SMILES string of the molecule is CC(CNC(=O)c1cc(N)ccc1F)N(C)C1CC1. The van der Waals surface area contributed by atoms with E-state index in [9.17, 15) is 9.18 Å². The van der Waals surface area contributed by atoms with Gasteiger partial charge in [0, 0.05) is 24.3 Å². The smallest absolute Gasteiger partial charge is 0.254 e. The molecule has 1 unspecified atom stereocenters. The van der Waals surface area contributed by atoms with Crippen molar-refractivity contribution >= 4 is 11.6 Å². The third-order valence-corrected chi connectivity index (χ3v) is 3.61. The molecule has 19 heavy (non-hydrogen) atoms. The van der Waals surface area contributed by atoms with Crippen LogP contribution in [0.5, 0.6) is 0 Å². The molecule has 0 heterocycles. The number of nitrogens with one attached hydrogen (secondary N) is 1. The quantitative estimate of drug-likeness (QED) is 0.795. The Morgan fingerprint density at radius 3 is 2.89 bits per heavy atom. The lowest BCUT2D eigenvalue weighted by Crippen LogP contribution is -2.41. The molecule has 1 saturated carbocycles. The maximum Gasteiger partial charge on any atom is 0.254 e. The highest BCUT2D eigenvalue weighted by atomic mass is 19.1. The molecule has 0 aliphatic heterocycles. The van der Waals surface area contributed by atoms with Crippen LogP contribution in [0.1, 0.15) is 30.1 Å². The molecule has 104 valence electrons. The largest absolute Gasteiger partial charge is 0.399 e. The van der Waals surface area contributed by atoms with Crippen LogP contribution in [0.15, 0.2) is 18.2 Å². The van der Waals surface area contributed by atoms with Crippen molar-refractivity contribution in [2.45, 2.75) is 31.8 Å². The normalized spacial score (nSPS) is 16.4. The van der Waals surface area contributed by atoms with E-state index in [1.807, 2.05) is 6.92 Å². The van der Waals surface area contributed by atoms with Crippen LogP contribution in [0.2, 0.25) is 0 Å². The first-order valence-electron chi connectivity index (χ1n) is 6.54. The van der Waals surface area contributed by atoms with Gasteiger partial charge in [-0.2, -0.15) is 0 Å². The molecule has 0 spiro atoms. The number of hydrogen-bond donors (Lipinski definition) is 2. The van der Waals surface area contributed by atoms with Crippen molar-refractivity contribution in [3.8, 4) is 0 Å². The van der Waals surface area contributed by atoms with Gasteiger partial charge in [-0.05, 0) is 45.0 Å². The standard InChI is InChI=1S/C14H20FN3O/c1-9(18(2)11-4-5-11)8-17-14(19)12-7-10(16)3-6-13(12)15/h3,6-7,9,11H,4-5,8,16H2,1-2H3,(H,17,19). The minimum Gasteiger partial charge on any atom is -0.399 e. The second-order valence-corrected chi connectivity index (χ2v) is 5.19. The molecule has 1 fully saturated rings. The maximum absolute atomic E-state index is 13.5. The van der Waals surface area contributed by atoms with Crippen molar-refractivity contribution in [2.75, 3.05) is 19.3 Å². The minimum absolute atomic E-state index is 0.00118. The first kappa shape index (κ1) is 13.8. The van der Waals surface area contributed by atoms with Gasteiger partial charge >= 0.3 is 0 Å². The van der Waals surface area contributed by atoms with Gasteiger partial charge < -0.3 is 11.1 Å². The van der Waals surface area contributed by atoms with Crippen LogP contribution in [-0.2, 0) is 0 Å².